The summed E-state index contributed by atoms with van der Waals surface area (Å²) in [5.74, 6) is -4.72. The van der Waals surface area contributed by atoms with Crippen LogP contribution in [0.5, 0.6) is 0 Å². The number of halogens is 4. The molecular formula is C66H132F4N2O15. The number of hydrogen-bond donors (Lipinski definition) is 2. The van der Waals surface area contributed by atoms with Crippen molar-refractivity contribution in [1.29, 1.82) is 0 Å². The van der Waals surface area contributed by atoms with Crippen molar-refractivity contribution in [3.05, 3.63) is 154 Å². The van der Waals surface area contributed by atoms with Crippen molar-refractivity contribution in [3.8, 4) is 0 Å². The Balaban J connectivity index is -0.0000000643. The second-order valence-corrected chi connectivity index (χ2v) is 24.2. The zero-order valence-corrected chi connectivity index (χ0v) is 51.8. The van der Waals surface area contributed by atoms with E-state index in [9.17, 15) is 47.0 Å². The van der Waals surface area contributed by atoms with Crippen molar-refractivity contribution in [2.24, 2.45) is 0 Å². The van der Waals surface area contributed by atoms with Gasteiger partial charge in [0.15, 0.2) is 6.10 Å². The lowest BCUT2D eigenvalue weighted by Crippen LogP contribution is -2.49. The third kappa shape index (κ3) is 26.1. The SMILES string of the molecule is CN(C(=O)OC(C)(C)C)[C@@H](CC(C)(C)F)C(=O)O.CN(C(=O)OC(C)(C)C)[C@@H](CC(C)(C)F)C(=O)O[C@H](Cc1ccc(C2=CCOCC2)c(F)c1)C(=O)OCc1ccccc1.O=C(OCc1ccccc1)[C@@H](O)Cc1ccc(C2=CCOCC2)c(F)c1.[2H][2H].[2H][2H].[2H][2H].[2H][2H].[2H][2H].[2H][2H].[2H][2H].[2H][2H].[2H][2H].[2H][2H].[2H][2H].[2H][2H].[2H][2H].[2H][2H].[2H][2H].[2H][2H].[2H][2H].[2H][2H].[2H][2H].[2H][2H].[2H][2H].[2H][2H].[2H][2H].[2H][2H]. The normalized spacial score (nSPS) is 17.1. The minimum atomic E-state index is -1.87. The number of hydrogen-bond acceptors (Lipinski definition) is 14. The molecule has 0 fully saturated rings. The highest BCUT2D eigenvalue weighted by Gasteiger charge is 2.39. The topological polar surface area (TPSA) is 214 Å². The molecule has 2 heterocycles. The fourth-order valence-electron chi connectivity index (χ4n) is 8.60. The summed E-state index contributed by atoms with van der Waals surface area (Å²) in [6, 6.07) is 24.8. The number of rotatable bonds is 21. The maximum absolute atomic E-state index is 15.2. The first-order valence-corrected chi connectivity index (χ1v) is 28.5. The van der Waals surface area contributed by atoms with Gasteiger partial charge in [0.1, 0.15) is 59.5 Å². The Bertz CT molecular complexity index is 3110. The Hall–Kier alpha value is -7.62. The molecule has 0 aromatic heterocycles. The number of amides is 2. The molecule has 17 nitrogen and oxygen atoms in total. The van der Waals surface area contributed by atoms with Crippen LogP contribution in [0.25, 0.3) is 11.1 Å². The largest absolute Gasteiger partial charge is 0.480 e. The maximum Gasteiger partial charge on any atom is 0.410 e. The van der Waals surface area contributed by atoms with Gasteiger partial charge in [-0.15, -0.1) is 0 Å². The van der Waals surface area contributed by atoms with E-state index in [1.165, 1.54) is 53.9 Å². The van der Waals surface area contributed by atoms with E-state index in [4.69, 9.17) is 110 Å². The van der Waals surface area contributed by atoms with Gasteiger partial charge in [-0.3, -0.25) is 9.80 Å². The van der Waals surface area contributed by atoms with Gasteiger partial charge in [0.25, 0.3) is 0 Å². The second-order valence-electron chi connectivity index (χ2n) is 24.2. The molecule has 0 aliphatic carbocycles. The smallest absolute Gasteiger partial charge is 0.410 e. The molecule has 0 bridgehead atoms. The fourth-order valence-corrected chi connectivity index (χ4v) is 8.60. The number of aliphatic hydroxyl groups excluding tert-OH is 1. The number of alkyl halides is 2. The van der Waals surface area contributed by atoms with E-state index in [0.29, 0.717) is 67.1 Å². The van der Waals surface area contributed by atoms with E-state index in [2.05, 4.69) is 0 Å². The van der Waals surface area contributed by atoms with Crippen LogP contribution in [0.15, 0.2) is 109 Å². The Morgan fingerprint density at radius 1 is 0.575 bits per heavy atom. The maximum atomic E-state index is 15.2. The van der Waals surface area contributed by atoms with Gasteiger partial charge in [-0.2, -0.15) is 0 Å². The van der Waals surface area contributed by atoms with Gasteiger partial charge < -0.3 is 43.4 Å². The molecule has 0 saturated carbocycles. The second kappa shape index (κ2) is 32.9. The predicted molar refractivity (Wildman–Crippen MR) is 369 cm³/mol. The zero-order valence-electron chi connectivity index (χ0n) is 99.8. The first kappa shape index (κ1) is 43.1. The lowest BCUT2D eigenvalue weighted by Gasteiger charge is -2.32. The standard InChI is InChI=1S/C33H41F2NO7.C21H21FO4.C12H22FNO4.24H2/c1-32(2,3)43-31(39)36(6)27(20-33(4,5)35)29(37)42-28(30(38)41-21-22-10-8-7-9-11-22)19-23-12-13-25(26(34)18-23)24-14-16-40-17-15-24;22-19-12-16(6-7-18(19)17-8-10-25-11-9-17)13-20(23)21(24)26-14-15-4-2-1-3-5-15;1-11(2,3)18-10(17)14(6)8(9(15)16)7-12(4,5)13;;;;;;;;;;;;;;;;;;;;;;;;/h7-14,18,27-28H,15-17,19-21H2,1-6H3;1-8,12,20,23H,9-11,13-14H2;8H,7H2,1-6H3,(H,15,16);24*1H/t27-,28+;20-;8-;;;;;;;;;;;;;;;;;;;;;;;;/m000......................../s1/i;;;24*1+1D. The predicted octanol–water partition coefficient (Wildman–Crippen LogP) is 17.8. The van der Waals surface area contributed by atoms with Crippen LogP contribution in [0.3, 0.4) is 0 Å². The minimum absolute atomic E-state index is 0.00693. The van der Waals surface area contributed by atoms with E-state index in [0.717, 1.165) is 26.5 Å². The van der Waals surface area contributed by atoms with Crippen molar-refractivity contribution < 1.29 is 161 Å². The molecule has 0 unspecified atom stereocenters. The van der Waals surface area contributed by atoms with Gasteiger partial charge in [0.2, 0.25) is 6.10 Å². The first-order valence-electron chi connectivity index (χ1n) is 52.5. The Labute approximate surface area is 581 Å². The van der Waals surface area contributed by atoms with Gasteiger partial charge in [-0.25, -0.2) is 46.3 Å². The van der Waals surface area contributed by atoms with E-state index < -0.39 is 95.1 Å². The number of carboxylic acids is 1. The Morgan fingerprint density at radius 2 is 0.977 bits per heavy atom. The van der Waals surface area contributed by atoms with Crippen molar-refractivity contribution >= 4 is 47.2 Å². The van der Waals surface area contributed by atoms with Crippen LogP contribution in [-0.4, -0.2) is 143 Å². The van der Waals surface area contributed by atoms with Gasteiger partial charge >= 0.3 is 36.1 Å². The van der Waals surface area contributed by atoms with Gasteiger partial charge in [-0.05, 0) is 128 Å². The van der Waals surface area contributed by atoms with Crippen molar-refractivity contribution in [2.45, 2.75) is 168 Å². The number of benzene rings is 4. The summed E-state index contributed by atoms with van der Waals surface area (Å²) in [6.07, 6.45) is -0.447. The van der Waals surface area contributed by atoms with Crippen molar-refractivity contribution in [2.75, 3.05) is 40.5 Å². The molecule has 21 heteroatoms. The Kier molecular flexibility index (Phi) is 16.3. The molecule has 6 rings (SSSR count). The molecule has 0 saturated heterocycles. The molecule has 524 valence electrons. The van der Waals surface area contributed by atoms with E-state index in [1.54, 1.807) is 90.1 Å². The highest BCUT2D eigenvalue weighted by atomic mass is 19.1. The summed E-state index contributed by atoms with van der Waals surface area (Å²) >= 11 is 0. The molecule has 4 atom stereocenters. The summed E-state index contributed by atoms with van der Waals surface area (Å²) in [5, 5.41) is 19.1. The number of esters is 3. The summed E-state index contributed by atoms with van der Waals surface area (Å²) in [5.41, 5.74) is 0.0386. The van der Waals surface area contributed by atoms with E-state index >= 15 is 4.39 Å². The lowest BCUT2D eigenvalue weighted by atomic mass is 9.97. The molecule has 0 radical (unpaired) electrons. The monoisotopic (exact) mass is 1320 g/mol. The molecule has 4 aromatic rings. The fraction of sp³-hybridized carbons (Fsp3) is 0.485. The van der Waals surface area contributed by atoms with Crippen LogP contribution in [0.2, 0.25) is 0 Å². The highest BCUT2D eigenvalue weighted by molar-refractivity contribution is 5.85. The number of carbonyl (C=O) groups is 6. The number of aliphatic carboxylic acids is 1. The third-order valence-electron chi connectivity index (χ3n) is 13.0. The molecule has 0 spiro atoms. The summed E-state index contributed by atoms with van der Waals surface area (Å²) < 4.78 is 335. The number of nitrogens with zero attached hydrogens (tertiary/aromatic N) is 2. The van der Waals surface area contributed by atoms with Crippen LogP contribution < -0.4 is 0 Å². The number of carboxylic acid groups (broad SMARTS) is 1. The number of ether oxygens (including phenoxy) is 7. The van der Waals surface area contributed by atoms with Crippen molar-refractivity contribution in [1.82, 2.24) is 9.80 Å². The quantitative estimate of drug-likeness (QED) is 0.0451. The van der Waals surface area contributed by atoms with E-state index in [1.807, 2.05) is 48.6 Å². The number of likely N-dealkylation sites (N-methyl/N-ethyl adjacent to an activating group) is 2. The highest BCUT2D eigenvalue weighted by Crippen LogP contribution is 2.29. The zero-order chi connectivity index (χ0) is 113. The first-order chi connectivity index (χ1) is 64.6. The molecule has 2 aliphatic heterocycles. The molecule has 2 N–H and O–H groups in total. The van der Waals surface area contributed by atoms with Crippen LogP contribution in [0.1, 0.15) is 200 Å². The molecule has 2 amide bonds. The molecule has 4 aromatic carbocycles. The van der Waals surface area contributed by atoms with Crippen LogP contribution in [0.4, 0.5) is 27.2 Å². The molecule has 2 aliphatic rings. The van der Waals surface area contributed by atoms with Crippen LogP contribution in [0, 0.1) is 11.6 Å². The van der Waals surface area contributed by atoms with Crippen LogP contribution in [-0.2, 0) is 78.4 Å². The number of aliphatic hydroxyl groups is 1. The van der Waals surface area contributed by atoms with Crippen LogP contribution >= 0.6 is 0 Å². The summed E-state index contributed by atoms with van der Waals surface area (Å²) in [4.78, 5) is 76.1. The van der Waals surface area contributed by atoms with Gasteiger partial charge in [0.05, 0.1) is 26.4 Å². The van der Waals surface area contributed by atoms with Crippen molar-refractivity contribution in [3.63, 3.8) is 0 Å². The summed E-state index contributed by atoms with van der Waals surface area (Å²) in [6.45, 7) is 17.0. The summed E-state index contributed by atoms with van der Waals surface area (Å²) in [7, 11) is 2.59. The average Bonchev–Trinajstić information content (AvgIpc) is 0.829. The van der Waals surface area contributed by atoms with Gasteiger partial charge in [0, 0.05) is 122 Å². The average molecular weight is 1320 g/mol. The lowest BCUT2D eigenvalue weighted by molar-refractivity contribution is -0.172. The third-order valence-corrected chi connectivity index (χ3v) is 13.0. The molecular weight excluding hydrogens is 1140 g/mol. The number of carbonyl (C=O) groups excluding carboxylic acids is 5. The van der Waals surface area contributed by atoms with Gasteiger partial charge in [-0.1, -0.05) is 97.1 Å². The van der Waals surface area contributed by atoms with E-state index in [-0.39, 0.29) is 38.3 Å². The molecule has 87 heavy (non-hydrogen) atoms. The minimum Gasteiger partial charge on any atom is -0.480 e. The Morgan fingerprint density at radius 3 is 1.36 bits per heavy atom.